The molecule has 0 aliphatic carbocycles. The highest BCUT2D eigenvalue weighted by molar-refractivity contribution is 9.10. The van der Waals surface area contributed by atoms with Crippen molar-refractivity contribution in [1.29, 1.82) is 0 Å². The van der Waals surface area contributed by atoms with Gasteiger partial charge < -0.3 is 5.48 Å². The average molecular weight is 226 g/mol. The number of para-hydroxylation sites is 1. The van der Waals surface area contributed by atoms with Gasteiger partial charge in [-0.1, -0.05) is 18.2 Å². The second-order valence-corrected chi connectivity index (χ2v) is 3.17. The van der Waals surface area contributed by atoms with Gasteiger partial charge in [0.2, 0.25) is 0 Å². The fraction of sp³-hybridized carbons (Fsp3) is 0. The van der Waals surface area contributed by atoms with Crippen molar-refractivity contribution in [2.24, 2.45) is 0 Å². The van der Waals surface area contributed by atoms with Crippen molar-refractivity contribution in [1.82, 2.24) is 4.98 Å². The van der Waals surface area contributed by atoms with Gasteiger partial charge in [-0.2, -0.15) is 0 Å². The first kappa shape index (κ1) is 9.16. The van der Waals surface area contributed by atoms with Crippen molar-refractivity contribution in [3.63, 3.8) is 0 Å². The molecule has 0 atom stereocenters. The molecule has 0 spiro atoms. The van der Waals surface area contributed by atoms with Gasteiger partial charge in [0.15, 0.2) is 0 Å². The molecule has 0 fully saturated rings. The predicted molar refractivity (Wildman–Crippen MR) is 53.1 cm³/mol. The van der Waals surface area contributed by atoms with E-state index in [1.54, 1.807) is 6.20 Å². The molecule has 2 nitrogen and oxygen atoms in total. The van der Waals surface area contributed by atoms with E-state index in [1.165, 1.54) is 5.39 Å². The lowest BCUT2D eigenvalue weighted by molar-refractivity contribution is 0.824. The van der Waals surface area contributed by atoms with Crippen LogP contribution in [0.3, 0.4) is 0 Å². The maximum absolute atomic E-state index is 4.23. The molecule has 0 saturated heterocycles. The Labute approximate surface area is 78.7 Å². The van der Waals surface area contributed by atoms with Gasteiger partial charge in [0.1, 0.15) is 0 Å². The lowest BCUT2D eigenvalue weighted by atomic mass is 10.2. The number of benzene rings is 1. The van der Waals surface area contributed by atoms with Gasteiger partial charge >= 0.3 is 0 Å². The summed E-state index contributed by atoms with van der Waals surface area (Å²) in [6.07, 6.45) is 1.80. The van der Waals surface area contributed by atoms with Gasteiger partial charge in [0.25, 0.3) is 0 Å². The minimum atomic E-state index is 0. The van der Waals surface area contributed by atoms with Crippen molar-refractivity contribution in [3.8, 4) is 0 Å². The molecule has 2 N–H and O–H groups in total. The second-order valence-electron chi connectivity index (χ2n) is 2.31. The van der Waals surface area contributed by atoms with Gasteiger partial charge in [-0.25, -0.2) is 0 Å². The molecule has 0 bridgehead atoms. The summed E-state index contributed by atoms with van der Waals surface area (Å²) in [4.78, 5) is 4.23. The average Bonchev–Trinajstić information content (AvgIpc) is 2.06. The Kier molecular flexibility index (Phi) is 2.78. The van der Waals surface area contributed by atoms with Crippen LogP contribution >= 0.6 is 15.9 Å². The Morgan fingerprint density at radius 2 is 1.83 bits per heavy atom. The van der Waals surface area contributed by atoms with Crippen LogP contribution in [-0.4, -0.2) is 10.5 Å². The van der Waals surface area contributed by atoms with E-state index >= 15 is 0 Å². The van der Waals surface area contributed by atoms with E-state index in [0.29, 0.717) is 0 Å². The molecule has 0 amide bonds. The molecule has 0 aliphatic heterocycles. The van der Waals surface area contributed by atoms with Crippen LogP contribution in [0.5, 0.6) is 0 Å². The van der Waals surface area contributed by atoms with E-state index in [2.05, 4.69) is 20.9 Å². The van der Waals surface area contributed by atoms with Gasteiger partial charge in [-0.05, 0) is 28.1 Å². The van der Waals surface area contributed by atoms with E-state index in [9.17, 15) is 0 Å². The van der Waals surface area contributed by atoms with E-state index < -0.39 is 0 Å². The number of fused-ring (bicyclic) bond motifs is 1. The van der Waals surface area contributed by atoms with Crippen LogP contribution in [0, 0.1) is 0 Å². The lowest BCUT2D eigenvalue weighted by Crippen LogP contribution is -1.76. The van der Waals surface area contributed by atoms with E-state index in [-0.39, 0.29) is 5.48 Å². The third-order valence-corrected chi connectivity index (χ3v) is 2.22. The first-order chi connectivity index (χ1) is 5.38. The summed E-state index contributed by atoms with van der Waals surface area (Å²) in [6, 6.07) is 10.0. The largest absolute Gasteiger partial charge is 0.412 e. The number of rotatable bonds is 0. The minimum absolute atomic E-state index is 0. The predicted octanol–water partition coefficient (Wildman–Crippen LogP) is 2.17. The number of hydrogen-bond acceptors (Lipinski definition) is 1. The first-order valence-corrected chi connectivity index (χ1v) is 4.16. The fourth-order valence-corrected chi connectivity index (χ4v) is 1.55. The molecule has 0 aliphatic rings. The van der Waals surface area contributed by atoms with Gasteiger partial charge in [0.05, 0.1) is 5.52 Å². The van der Waals surface area contributed by atoms with Crippen LogP contribution in [0.1, 0.15) is 0 Å². The molecule has 0 saturated carbocycles. The monoisotopic (exact) mass is 225 g/mol. The third-order valence-electron chi connectivity index (χ3n) is 1.58. The molecule has 2 rings (SSSR count). The molecular weight excluding hydrogens is 218 g/mol. The molecular formula is C9H8BrNO. The smallest absolute Gasteiger partial charge is 0.0843 e. The van der Waals surface area contributed by atoms with Crippen molar-refractivity contribution in [3.05, 3.63) is 41.0 Å². The summed E-state index contributed by atoms with van der Waals surface area (Å²) < 4.78 is 1.05. The first-order valence-electron chi connectivity index (χ1n) is 3.37. The molecule has 1 aromatic heterocycles. The van der Waals surface area contributed by atoms with Gasteiger partial charge in [-0.15, -0.1) is 0 Å². The van der Waals surface area contributed by atoms with E-state index in [1.807, 2.05) is 30.3 Å². The lowest BCUT2D eigenvalue weighted by Gasteiger charge is -1.96. The molecule has 0 radical (unpaired) electrons. The zero-order chi connectivity index (χ0) is 7.68. The summed E-state index contributed by atoms with van der Waals surface area (Å²) >= 11 is 3.43. The van der Waals surface area contributed by atoms with E-state index in [0.717, 1.165) is 9.99 Å². The second kappa shape index (κ2) is 3.65. The SMILES string of the molecule is Brc1cccc2cccnc12.O. The fourth-order valence-electron chi connectivity index (χ4n) is 1.07. The highest BCUT2D eigenvalue weighted by Gasteiger charge is 1.95. The van der Waals surface area contributed by atoms with Crippen LogP contribution in [-0.2, 0) is 0 Å². The summed E-state index contributed by atoms with van der Waals surface area (Å²) in [5, 5.41) is 1.17. The topological polar surface area (TPSA) is 44.4 Å². The molecule has 3 heteroatoms. The quantitative estimate of drug-likeness (QED) is 0.678. The number of hydrogen-bond donors (Lipinski definition) is 0. The Morgan fingerprint density at radius 3 is 2.58 bits per heavy atom. The summed E-state index contributed by atoms with van der Waals surface area (Å²) in [5.74, 6) is 0. The Balaban J connectivity index is 0.000000720. The molecule has 0 unspecified atom stereocenters. The maximum atomic E-state index is 4.23. The van der Waals surface area contributed by atoms with E-state index in [4.69, 9.17) is 0 Å². The minimum Gasteiger partial charge on any atom is -0.412 e. The highest BCUT2D eigenvalue weighted by atomic mass is 79.9. The normalized spacial score (nSPS) is 9.42. The Bertz CT molecular complexity index is 384. The number of nitrogens with zero attached hydrogens (tertiary/aromatic N) is 1. The van der Waals surface area contributed by atoms with Crippen molar-refractivity contribution in [2.75, 3.05) is 0 Å². The van der Waals surface area contributed by atoms with Crippen molar-refractivity contribution < 1.29 is 5.48 Å². The maximum Gasteiger partial charge on any atom is 0.0843 e. The summed E-state index contributed by atoms with van der Waals surface area (Å²) in [6.45, 7) is 0. The molecule has 62 valence electrons. The molecule has 12 heavy (non-hydrogen) atoms. The standard InChI is InChI=1S/C9H6BrN.H2O/c10-8-5-1-3-7-4-2-6-11-9(7)8;/h1-6H;1H2. The Hall–Kier alpha value is -0.930. The van der Waals surface area contributed by atoms with Crippen LogP contribution < -0.4 is 0 Å². The zero-order valence-corrected chi connectivity index (χ0v) is 7.88. The van der Waals surface area contributed by atoms with Crippen molar-refractivity contribution in [2.45, 2.75) is 0 Å². The summed E-state index contributed by atoms with van der Waals surface area (Å²) in [5.41, 5.74) is 1.02. The van der Waals surface area contributed by atoms with Gasteiger partial charge in [-0.3, -0.25) is 4.98 Å². The highest BCUT2D eigenvalue weighted by Crippen LogP contribution is 2.20. The Morgan fingerprint density at radius 1 is 1.08 bits per heavy atom. The van der Waals surface area contributed by atoms with Crippen LogP contribution in [0.25, 0.3) is 10.9 Å². The zero-order valence-electron chi connectivity index (χ0n) is 6.29. The molecule has 2 aromatic rings. The van der Waals surface area contributed by atoms with Crippen molar-refractivity contribution >= 4 is 26.8 Å². The van der Waals surface area contributed by atoms with Crippen LogP contribution in [0.2, 0.25) is 0 Å². The van der Waals surface area contributed by atoms with Gasteiger partial charge in [0, 0.05) is 16.1 Å². The molecule has 1 heterocycles. The number of aromatic nitrogens is 1. The van der Waals surface area contributed by atoms with Crippen LogP contribution in [0.4, 0.5) is 0 Å². The number of pyridine rings is 1. The number of halogens is 1. The summed E-state index contributed by atoms with van der Waals surface area (Å²) in [7, 11) is 0. The third kappa shape index (κ3) is 1.47. The van der Waals surface area contributed by atoms with Crippen LogP contribution in [0.15, 0.2) is 41.0 Å². The molecule has 1 aromatic carbocycles.